The summed E-state index contributed by atoms with van der Waals surface area (Å²) < 4.78 is 98.1. The van der Waals surface area contributed by atoms with Gasteiger partial charge in [0, 0.05) is 78.0 Å². The Bertz CT molecular complexity index is 4050. The number of nitrogens with zero attached hydrogens (tertiary/aromatic N) is 4. The molecule has 1 aliphatic carbocycles. The van der Waals surface area contributed by atoms with Crippen LogP contribution in [0.1, 0.15) is 77.5 Å². The van der Waals surface area contributed by atoms with Crippen molar-refractivity contribution >= 4 is 44.6 Å². The fraction of sp³-hybridized carbons (Fsp3) is 0.143. The van der Waals surface area contributed by atoms with Crippen molar-refractivity contribution < 1.29 is 39.5 Å². The van der Waals surface area contributed by atoms with Crippen molar-refractivity contribution in [3.63, 3.8) is 0 Å². The Morgan fingerprint density at radius 1 is 0.594 bits per heavy atom. The van der Waals surface area contributed by atoms with E-state index >= 15 is 0 Å². The molecule has 10 aromatic rings. The van der Waals surface area contributed by atoms with Crippen molar-refractivity contribution in [2.75, 3.05) is 9.80 Å². The van der Waals surface area contributed by atoms with E-state index in [9.17, 15) is 5.48 Å². The predicted octanol–water partition coefficient (Wildman–Crippen LogP) is 16.5. The minimum atomic E-state index is -0.629. The standard InChI is InChI=1S/C63H51N4O.Pt/c1-62(2,3)45-32-33-64-58(37-45)67-57-39-49(29-31-51(57)52-30-28-44-34-43-22-13-14-25-50(43)59(44)61(52)67)68-48-24-17-23-47(38-48)65-40-66(56-27-16-15-26-55(56)65)60-53(41-18-9-7-10-19-41)35-46(63(4,5)6)36-54(60)42-20-11-8-12-21-42;/h7-33,35-37,40H,34H2,1-6H3;/q-3;/i7D,8D,9D,10D,11D,12D,18D,19D,20D,21D;. The topological polar surface area (TPSA) is 33.5 Å². The maximum absolute atomic E-state index is 9.28. The summed E-state index contributed by atoms with van der Waals surface area (Å²) in [5.41, 5.74) is 10.0. The molecule has 5 nitrogen and oxygen atoms in total. The van der Waals surface area contributed by atoms with Crippen LogP contribution in [0.3, 0.4) is 0 Å². The minimum Gasteiger partial charge on any atom is -0.509 e. The maximum Gasteiger partial charge on any atom is 0.135 e. The van der Waals surface area contributed by atoms with E-state index in [-0.39, 0.29) is 54.4 Å². The third-order valence-electron chi connectivity index (χ3n) is 13.0. The zero-order chi connectivity index (χ0) is 55.0. The van der Waals surface area contributed by atoms with Crippen LogP contribution in [0.2, 0.25) is 0 Å². The molecular formula is C63H51N4OPt-3. The van der Waals surface area contributed by atoms with E-state index in [1.54, 1.807) is 23.7 Å². The number of hydrogen-bond donors (Lipinski definition) is 0. The largest absolute Gasteiger partial charge is 0.509 e. The van der Waals surface area contributed by atoms with Crippen molar-refractivity contribution in [1.82, 2.24) is 9.55 Å². The minimum absolute atomic E-state index is 0. The number of anilines is 4. The first-order valence-corrected chi connectivity index (χ1v) is 22.8. The number of fused-ring (bicyclic) bond motifs is 8. The smallest absolute Gasteiger partial charge is 0.135 e. The molecular weight excluding hydrogens is 1020 g/mol. The van der Waals surface area contributed by atoms with E-state index in [2.05, 4.69) is 92.1 Å². The number of pyridine rings is 1. The van der Waals surface area contributed by atoms with Crippen molar-refractivity contribution in [3.8, 4) is 50.7 Å². The van der Waals surface area contributed by atoms with Gasteiger partial charge < -0.3 is 19.1 Å². The van der Waals surface area contributed by atoms with Gasteiger partial charge in [-0.3, -0.25) is 0 Å². The third-order valence-corrected chi connectivity index (χ3v) is 13.0. The molecule has 12 rings (SSSR count). The van der Waals surface area contributed by atoms with Crippen molar-refractivity contribution in [2.24, 2.45) is 0 Å². The molecule has 0 radical (unpaired) electrons. The van der Waals surface area contributed by atoms with Crippen LogP contribution in [-0.2, 0) is 38.3 Å². The van der Waals surface area contributed by atoms with Gasteiger partial charge in [0.05, 0.1) is 13.7 Å². The zero-order valence-electron chi connectivity index (χ0n) is 48.8. The van der Waals surface area contributed by atoms with Gasteiger partial charge in [-0.25, -0.2) is 4.98 Å². The predicted molar refractivity (Wildman–Crippen MR) is 281 cm³/mol. The summed E-state index contributed by atoms with van der Waals surface area (Å²) in [4.78, 5) is 8.66. The number of benzene rings is 8. The molecule has 0 fully saturated rings. The fourth-order valence-electron chi connectivity index (χ4n) is 9.63. The van der Waals surface area contributed by atoms with Gasteiger partial charge >= 0.3 is 0 Å². The molecule has 1 aliphatic heterocycles. The molecule has 2 aromatic heterocycles. The molecule has 0 saturated heterocycles. The average molecular weight is 1090 g/mol. The van der Waals surface area contributed by atoms with Crippen molar-refractivity contribution in [3.05, 3.63) is 223 Å². The van der Waals surface area contributed by atoms with Crippen molar-refractivity contribution in [1.29, 1.82) is 0 Å². The second kappa shape index (κ2) is 17.1. The van der Waals surface area contributed by atoms with Gasteiger partial charge in [-0.1, -0.05) is 156 Å². The normalized spacial score (nSPS) is 15.1. The Morgan fingerprint density at radius 3 is 1.93 bits per heavy atom. The third kappa shape index (κ3) is 7.74. The van der Waals surface area contributed by atoms with Gasteiger partial charge in [0.15, 0.2) is 0 Å². The summed E-state index contributed by atoms with van der Waals surface area (Å²) >= 11 is 0. The van der Waals surface area contributed by atoms with Crippen LogP contribution in [0.4, 0.5) is 22.7 Å². The molecule has 69 heavy (non-hydrogen) atoms. The van der Waals surface area contributed by atoms with Crippen LogP contribution in [0.5, 0.6) is 11.5 Å². The first kappa shape index (κ1) is 34.1. The molecule has 0 bridgehead atoms. The molecule has 342 valence electrons. The second-order valence-corrected chi connectivity index (χ2v) is 19.4. The number of ether oxygens (including phenoxy) is 1. The molecule has 0 atom stereocenters. The summed E-state index contributed by atoms with van der Waals surface area (Å²) in [5, 5.41) is 2.07. The van der Waals surface area contributed by atoms with Crippen LogP contribution in [0.25, 0.3) is 61.0 Å². The van der Waals surface area contributed by atoms with E-state index in [1.165, 1.54) is 22.3 Å². The fourth-order valence-corrected chi connectivity index (χ4v) is 9.63. The Hall–Kier alpha value is -7.20. The number of rotatable bonds is 7. The molecule has 8 aromatic carbocycles. The SMILES string of the molecule is [2H]c1c([2H])c([2H])c(-c2cc(C(C)(C)C)cc(-c3c([2H])c([2H])c([2H])c([2H])c3[2H])c2N2[CH-]N(c3[c-]c(Oc4[c-]c5c(cc4)c4ccc6c(c4n5-c4cc(C(C)(C)C)ccn4)-c4ccccc4C6)ccc3)c3ccccc32)c([2H])c1[2H].[Pt]. The maximum atomic E-state index is 9.28. The number of para-hydroxylation sites is 2. The molecule has 3 heterocycles. The van der Waals surface area contributed by atoms with E-state index in [0.29, 0.717) is 34.1 Å². The number of hydrogen-bond acceptors (Lipinski definition) is 4. The van der Waals surface area contributed by atoms with Crippen LogP contribution >= 0.6 is 0 Å². The molecule has 6 heteroatoms. The molecule has 0 saturated carbocycles. The van der Waals surface area contributed by atoms with Crippen LogP contribution in [0, 0.1) is 18.8 Å². The van der Waals surface area contributed by atoms with Gasteiger partial charge in [0.25, 0.3) is 0 Å². The second-order valence-electron chi connectivity index (χ2n) is 19.4. The van der Waals surface area contributed by atoms with E-state index < -0.39 is 65.8 Å². The van der Waals surface area contributed by atoms with Gasteiger partial charge in [0.1, 0.15) is 5.82 Å². The van der Waals surface area contributed by atoms with Gasteiger partial charge in [-0.15, -0.1) is 48.1 Å². The van der Waals surface area contributed by atoms with Crippen molar-refractivity contribution in [2.45, 2.75) is 58.8 Å². The average Bonchev–Trinajstić information content (AvgIpc) is 4.09. The summed E-state index contributed by atoms with van der Waals surface area (Å²) in [6, 6.07) is 39.8. The Balaban J connectivity index is 0.00000660. The molecule has 0 spiro atoms. The summed E-state index contributed by atoms with van der Waals surface area (Å²) in [6.45, 7) is 14.2. The zero-order valence-corrected chi connectivity index (χ0v) is 41.1. The van der Waals surface area contributed by atoms with Crippen LogP contribution in [-0.4, -0.2) is 9.55 Å². The van der Waals surface area contributed by atoms with Crippen LogP contribution < -0.4 is 14.5 Å². The summed E-state index contributed by atoms with van der Waals surface area (Å²) in [6.07, 6.45) is 2.70. The Labute approximate surface area is 434 Å². The Kier molecular flexibility index (Phi) is 8.45. The first-order valence-electron chi connectivity index (χ1n) is 27.8. The quantitative estimate of drug-likeness (QED) is 0.149. The van der Waals surface area contributed by atoms with Gasteiger partial charge in [0.2, 0.25) is 0 Å². The summed E-state index contributed by atoms with van der Waals surface area (Å²) in [5.74, 6) is 1.60. The summed E-state index contributed by atoms with van der Waals surface area (Å²) in [7, 11) is 0. The first-order chi connectivity index (χ1) is 37.1. The molecule has 2 aliphatic rings. The molecule has 0 unspecified atom stereocenters. The number of aromatic nitrogens is 2. The van der Waals surface area contributed by atoms with Crippen LogP contribution in [0.15, 0.2) is 182 Å². The van der Waals surface area contributed by atoms with Gasteiger partial charge in [-0.05, 0) is 98.0 Å². The molecule has 0 amide bonds. The Morgan fingerprint density at radius 2 is 1.23 bits per heavy atom. The van der Waals surface area contributed by atoms with Gasteiger partial charge in [-0.2, -0.15) is 12.1 Å². The van der Waals surface area contributed by atoms with E-state index in [4.69, 9.17) is 17.9 Å². The molecule has 0 N–H and O–H groups in total. The van der Waals surface area contributed by atoms with E-state index in [0.717, 1.165) is 39.6 Å². The monoisotopic (exact) mass is 1080 g/mol. The van der Waals surface area contributed by atoms with E-state index in [1.807, 2.05) is 80.4 Å².